The minimum absolute atomic E-state index is 0.155. The summed E-state index contributed by atoms with van der Waals surface area (Å²) >= 11 is 0. The van der Waals surface area contributed by atoms with Crippen LogP contribution >= 0.6 is 0 Å². The molecule has 1 saturated carbocycles. The van der Waals surface area contributed by atoms with Gasteiger partial charge < -0.3 is 4.90 Å². The Bertz CT molecular complexity index is 1540. The molecule has 6 heteroatoms. The SMILES string of the molecule is [2H][C@H](c1ccc(-c2ccc3c(cnn3C)c2)cc1)N(C(=O)C1CCCCC1)c1cc(F)cc(/C=C/C(C)=O)c1. The zero-order valence-corrected chi connectivity index (χ0v) is 21.7. The van der Waals surface area contributed by atoms with Crippen LogP contribution in [-0.2, 0) is 23.2 Å². The van der Waals surface area contributed by atoms with Gasteiger partial charge in [-0.2, -0.15) is 5.10 Å². The number of benzene rings is 3. The van der Waals surface area contributed by atoms with E-state index in [0.717, 1.165) is 54.1 Å². The van der Waals surface area contributed by atoms with E-state index in [1.165, 1.54) is 36.1 Å². The average Bonchev–Trinajstić information content (AvgIpc) is 3.32. The van der Waals surface area contributed by atoms with E-state index in [2.05, 4.69) is 11.2 Å². The van der Waals surface area contributed by atoms with Gasteiger partial charge in [-0.1, -0.05) is 55.7 Å². The highest BCUT2D eigenvalue weighted by atomic mass is 19.1. The van der Waals surface area contributed by atoms with Crippen molar-refractivity contribution in [3.63, 3.8) is 0 Å². The summed E-state index contributed by atoms with van der Waals surface area (Å²) in [6.45, 7) is 0.370. The summed E-state index contributed by atoms with van der Waals surface area (Å²) in [6, 6.07) is 18.1. The molecular weight excluding hydrogens is 477 g/mol. The molecule has 194 valence electrons. The number of hydrogen-bond acceptors (Lipinski definition) is 3. The van der Waals surface area contributed by atoms with Gasteiger partial charge in [0.2, 0.25) is 5.91 Å². The van der Waals surface area contributed by atoms with E-state index < -0.39 is 12.3 Å². The molecule has 1 aromatic heterocycles. The van der Waals surface area contributed by atoms with E-state index in [0.29, 0.717) is 16.8 Å². The third-order valence-electron chi connectivity index (χ3n) is 7.15. The highest BCUT2D eigenvalue weighted by Crippen LogP contribution is 2.31. The number of carbonyl (C=O) groups is 2. The Morgan fingerprint density at radius 2 is 1.79 bits per heavy atom. The number of nitrogens with zero attached hydrogens (tertiary/aromatic N) is 3. The number of rotatable bonds is 7. The Morgan fingerprint density at radius 1 is 1.05 bits per heavy atom. The van der Waals surface area contributed by atoms with Crippen LogP contribution in [0.15, 0.2) is 72.9 Å². The van der Waals surface area contributed by atoms with Gasteiger partial charge in [-0.25, -0.2) is 4.39 Å². The highest BCUT2D eigenvalue weighted by Gasteiger charge is 2.27. The maximum atomic E-state index is 14.7. The minimum atomic E-state index is -1.05. The monoisotopic (exact) mass is 510 g/mol. The molecule has 5 nitrogen and oxygen atoms in total. The fraction of sp³-hybridized carbons (Fsp3) is 0.281. The predicted molar refractivity (Wildman–Crippen MR) is 150 cm³/mol. The Balaban J connectivity index is 1.49. The highest BCUT2D eigenvalue weighted by molar-refractivity contribution is 5.96. The first kappa shape index (κ1) is 24.3. The molecule has 38 heavy (non-hydrogen) atoms. The molecule has 0 spiro atoms. The van der Waals surface area contributed by atoms with E-state index in [1.807, 2.05) is 54.3 Å². The molecule has 0 aliphatic heterocycles. The molecule has 5 rings (SSSR count). The molecule has 1 aliphatic rings. The lowest BCUT2D eigenvalue weighted by atomic mass is 9.88. The summed E-state index contributed by atoms with van der Waals surface area (Å²) in [5.41, 5.74) is 4.49. The van der Waals surface area contributed by atoms with Crippen molar-refractivity contribution in [2.45, 2.75) is 45.5 Å². The lowest BCUT2D eigenvalue weighted by Gasteiger charge is -2.30. The summed E-state index contributed by atoms with van der Waals surface area (Å²) in [7, 11) is 1.91. The number of aromatic nitrogens is 2. The maximum absolute atomic E-state index is 14.7. The number of hydrogen-bond donors (Lipinski definition) is 0. The fourth-order valence-corrected chi connectivity index (χ4v) is 5.11. The molecule has 0 bridgehead atoms. The van der Waals surface area contributed by atoms with E-state index in [4.69, 9.17) is 1.37 Å². The van der Waals surface area contributed by atoms with E-state index >= 15 is 0 Å². The molecule has 1 fully saturated rings. The molecule has 1 atom stereocenters. The van der Waals surface area contributed by atoms with Crippen molar-refractivity contribution >= 4 is 34.4 Å². The molecule has 1 aliphatic carbocycles. The van der Waals surface area contributed by atoms with Crippen molar-refractivity contribution in [1.29, 1.82) is 0 Å². The molecule has 1 heterocycles. The Morgan fingerprint density at radius 3 is 2.53 bits per heavy atom. The third-order valence-corrected chi connectivity index (χ3v) is 7.15. The summed E-state index contributed by atoms with van der Waals surface area (Å²) in [5.74, 6) is -1.04. The van der Waals surface area contributed by atoms with Gasteiger partial charge in [-0.05, 0) is 78.4 Å². The first-order valence-electron chi connectivity index (χ1n) is 13.6. The second kappa shape index (κ2) is 11.1. The van der Waals surface area contributed by atoms with Crippen LogP contribution in [0.4, 0.5) is 10.1 Å². The number of allylic oxidation sites excluding steroid dienone is 1. The molecule has 0 unspecified atom stereocenters. The number of fused-ring (bicyclic) bond motifs is 1. The van der Waals surface area contributed by atoms with Gasteiger partial charge in [0.1, 0.15) is 5.82 Å². The van der Waals surface area contributed by atoms with E-state index in [9.17, 15) is 14.0 Å². The normalized spacial score (nSPS) is 15.5. The Hall–Kier alpha value is -4.06. The molecule has 0 saturated heterocycles. The first-order valence-corrected chi connectivity index (χ1v) is 13.1. The van der Waals surface area contributed by atoms with Crippen molar-refractivity contribution in [1.82, 2.24) is 9.78 Å². The number of aryl methyl sites for hydroxylation is 1. The Labute approximate surface area is 224 Å². The second-order valence-electron chi connectivity index (χ2n) is 10.0. The van der Waals surface area contributed by atoms with Crippen molar-refractivity contribution in [3.8, 4) is 11.1 Å². The molecule has 0 N–H and O–H groups in total. The van der Waals surface area contributed by atoms with Crippen LogP contribution in [0.1, 0.15) is 51.5 Å². The summed E-state index contributed by atoms with van der Waals surface area (Å²) in [5, 5.41) is 5.35. The Kier molecular flexibility index (Phi) is 7.12. The van der Waals surface area contributed by atoms with Gasteiger partial charge in [0.05, 0.1) is 19.6 Å². The van der Waals surface area contributed by atoms with Crippen molar-refractivity contribution < 1.29 is 15.4 Å². The van der Waals surface area contributed by atoms with Crippen LogP contribution in [0.3, 0.4) is 0 Å². The maximum Gasteiger partial charge on any atom is 0.230 e. The molecule has 3 aromatic carbocycles. The summed E-state index contributed by atoms with van der Waals surface area (Å²) < 4.78 is 25.7. The van der Waals surface area contributed by atoms with Crippen LogP contribution in [0.5, 0.6) is 0 Å². The topological polar surface area (TPSA) is 55.2 Å². The van der Waals surface area contributed by atoms with Crippen molar-refractivity contribution in [3.05, 3.63) is 89.9 Å². The van der Waals surface area contributed by atoms with Gasteiger partial charge in [-0.15, -0.1) is 0 Å². The molecule has 4 aromatic rings. The van der Waals surface area contributed by atoms with Gasteiger partial charge in [0.15, 0.2) is 5.78 Å². The van der Waals surface area contributed by atoms with Crippen LogP contribution in [-0.4, -0.2) is 21.5 Å². The zero-order chi connectivity index (χ0) is 27.5. The van der Waals surface area contributed by atoms with Crippen LogP contribution in [0, 0.1) is 11.7 Å². The molecule has 0 radical (unpaired) electrons. The summed E-state index contributed by atoms with van der Waals surface area (Å²) in [6.07, 6.45) is 9.31. The molecular formula is C32H32FN3O2. The minimum Gasteiger partial charge on any atom is -0.308 e. The number of amides is 1. The van der Waals surface area contributed by atoms with Crippen LogP contribution < -0.4 is 4.90 Å². The standard InChI is InChI=1S/C32H32FN3O2/c1-22(37)8-9-24-16-29(33)19-30(17-24)36(32(38)26-6-4-3-5-7-26)21-23-10-12-25(13-11-23)27-14-15-31-28(18-27)20-34-35(31)2/h8-20,26H,3-7,21H2,1-2H3/b9-8+/i21D/t21-/m1/s1. The average molecular weight is 511 g/mol. The van der Waals surface area contributed by atoms with Gasteiger partial charge in [-0.3, -0.25) is 14.3 Å². The van der Waals surface area contributed by atoms with E-state index in [1.54, 1.807) is 6.07 Å². The van der Waals surface area contributed by atoms with E-state index in [-0.39, 0.29) is 17.6 Å². The van der Waals surface area contributed by atoms with Crippen molar-refractivity contribution in [2.24, 2.45) is 13.0 Å². The molecule has 1 amide bonds. The first-order chi connectivity index (χ1) is 18.8. The largest absolute Gasteiger partial charge is 0.308 e. The van der Waals surface area contributed by atoms with Gasteiger partial charge >= 0.3 is 0 Å². The number of carbonyl (C=O) groups excluding carboxylic acids is 2. The number of anilines is 1. The predicted octanol–water partition coefficient (Wildman–Crippen LogP) is 7.10. The fourth-order valence-electron chi connectivity index (χ4n) is 5.11. The van der Waals surface area contributed by atoms with Crippen LogP contribution in [0.25, 0.3) is 28.1 Å². The van der Waals surface area contributed by atoms with Crippen molar-refractivity contribution in [2.75, 3.05) is 4.90 Å². The number of halogens is 1. The van der Waals surface area contributed by atoms with Crippen LogP contribution in [0.2, 0.25) is 0 Å². The summed E-state index contributed by atoms with van der Waals surface area (Å²) in [4.78, 5) is 26.7. The lowest BCUT2D eigenvalue weighted by Crippen LogP contribution is -2.36. The second-order valence-corrected chi connectivity index (χ2v) is 10.0. The van der Waals surface area contributed by atoms with Gasteiger partial charge in [0, 0.05) is 24.0 Å². The number of ketones is 1. The third kappa shape index (κ3) is 5.75. The van der Waals surface area contributed by atoms with Gasteiger partial charge in [0.25, 0.3) is 0 Å². The zero-order valence-electron chi connectivity index (χ0n) is 22.7. The smallest absolute Gasteiger partial charge is 0.230 e. The lowest BCUT2D eigenvalue weighted by molar-refractivity contribution is -0.123. The quantitative estimate of drug-likeness (QED) is 0.249.